The number of hydrogen-bond acceptors (Lipinski definition) is 2. The van der Waals surface area contributed by atoms with E-state index in [1.54, 1.807) is 0 Å². The Labute approximate surface area is 79.2 Å². The molecule has 0 rings (SSSR count). The molecule has 11 heavy (non-hydrogen) atoms. The third-order valence-corrected chi connectivity index (χ3v) is 2.39. The second-order valence-electron chi connectivity index (χ2n) is 2.36. The molecule has 0 N–H and O–H groups in total. The summed E-state index contributed by atoms with van der Waals surface area (Å²) in [5.74, 6) is 0. The number of carbonyl (C=O) groups excluding carboxylic acids is 1. The van der Waals surface area contributed by atoms with Crippen LogP contribution in [-0.4, -0.2) is 15.5 Å². The molecule has 0 aliphatic heterocycles. The maximum Gasteiger partial charge on any atom is 0.550 e. The van der Waals surface area contributed by atoms with Gasteiger partial charge in [-0.1, -0.05) is 34.8 Å². The molecule has 6 heteroatoms. The highest BCUT2D eigenvalue weighted by Crippen LogP contribution is 2.40. The van der Waals surface area contributed by atoms with Gasteiger partial charge in [-0.15, -0.1) is 0 Å². The summed E-state index contributed by atoms with van der Waals surface area (Å²) in [7, 11) is 0. The molecular formula is C5H6Cl3O3. The Bertz CT molecular complexity index is 161. The Morgan fingerprint density at radius 2 is 1.64 bits per heavy atom. The molecule has 0 unspecified atom stereocenters. The van der Waals surface area contributed by atoms with Crippen molar-refractivity contribution in [1.82, 2.24) is 0 Å². The van der Waals surface area contributed by atoms with Crippen molar-refractivity contribution in [2.24, 2.45) is 0 Å². The van der Waals surface area contributed by atoms with E-state index in [1.807, 2.05) is 0 Å². The average molecular weight is 220 g/mol. The summed E-state index contributed by atoms with van der Waals surface area (Å²) in [6.07, 6.45) is -1.72. The van der Waals surface area contributed by atoms with Gasteiger partial charge in [-0.05, 0) is 13.8 Å². The van der Waals surface area contributed by atoms with Crippen LogP contribution in [0.4, 0.5) is 4.79 Å². The van der Waals surface area contributed by atoms with E-state index in [0.29, 0.717) is 0 Å². The number of alkyl halides is 3. The zero-order valence-corrected chi connectivity index (χ0v) is 8.13. The molecule has 0 heterocycles. The summed E-state index contributed by atoms with van der Waals surface area (Å²) < 4.78 is 2.41. The molecule has 3 nitrogen and oxygen atoms in total. The Balaban J connectivity index is 4.34. The second kappa shape index (κ2) is 3.25. The maximum absolute atomic E-state index is 9.95. The standard InChI is InChI=1S/C5H6Cl3O3/c1-4(2,5(6,7)8)11-3(9)10/h1-2H3. The highest BCUT2D eigenvalue weighted by atomic mass is 35.6. The van der Waals surface area contributed by atoms with Gasteiger partial charge in [0.25, 0.3) is 0 Å². The van der Waals surface area contributed by atoms with E-state index in [1.165, 1.54) is 13.8 Å². The van der Waals surface area contributed by atoms with E-state index in [4.69, 9.17) is 34.8 Å². The fourth-order valence-corrected chi connectivity index (χ4v) is 0.382. The van der Waals surface area contributed by atoms with E-state index >= 15 is 0 Å². The molecule has 1 radical (unpaired) electrons. The molecule has 0 spiro atoms. The van der Waals surface area contributed by atoms with Crippen molar-refractivity contribution >= 4 is 41.0 Å². The molecule has 0 aliphatic carbocycles. The minimum absolute atomic E-state index is 1.33. The van der Waals surface area contributed by atoms with E-state index in [2.05, 4.69) is 4.74 Å². The van der Waals surface area contributed by atoms with Crippen molar-refractivity contribution < 1.29 is 14.6 Å². The van der Waals surface area contributed by atoms with Gasteiger partial charge in [0.2, 0.25) is 3.79 Å². The molecule has 65 valence electrons. The van der Waals surface area contributed by atoms with Gasteiger partial charge >= 0.3 is 6.16 Å². The first kappa shape index (κ1) is 11.1. The minimum Gasteiger partial charge on any atom is -0.421 e. The van der Waals surface area contributed by atoms with Gasteiger partial charge in [-0.25, -0.2) is 0 Å². The van der Waals surface area contributed by atoms with Crippen molar-refractivity contribution in [3.05, 3.63) is 0 Å². The Kier molecular flexibility index (Phi) is 3.29. The highest BCUT2D eigenvalue weighted by molar-refractivity contribution is 6.68. The zero-order chi connectivity index (χ0) is 9.28. The summed E-state index contributed by atoms with van der Waals surface area (Å²) in [6.45, 7) is 2.66. The van der Waals surface area contributed by atoms with Crippen LogP contribution in [0, 0.1) is 0 Å². The molecule has 0 aromatic carbocycles. The summed E-state index contributed by atoms with van der Waals surface area (Å²) in [4.78, 5) is 9.95. The van der Waals surface area contributed by atoms with Gasteiger partial charge in [-0.2, -0.15) is 9.90 Å². The van der Waals surface area contributed by atoms with Crippen LogP contribution in [0.25, 0.3) is 0 Å². The normalized spacial score (nSPS) is 12.8. The molecule has 0 aromatic heterocycles. The predicted octanol–water partition coefficient (Wildman–Crippen LogP) is 2.70. The summed E-state index contributed by atoms with van der Waals surface area (Å²) in [6, 6.07) is 0. The molecule has 0 atom stereocenters. The van der Waals surface area contributed by atoms with Crippen molar-refractivity contribution in [1.29, 1.82) is 0 Å². The van der Waals surface area contributed by atoms with E-state index in [0.717, 1.165) is 0 Å². The van der Waals surface area contributed by atoms with Crippen molar-refractivity contribution in [2.45, 2.75) is 23.2 Å². The van der Waals surface area contributed by atoms with Gasteiger partial charge in [0.15, 0.2) is 5.60 Å². The number of halogens is 3. The first-order valence-corrected chi connectivity index (χ1v) is 3.77. The fraction of sp³-hybridized carbons (Fsp3) is 0.800. The lowest BCUT2D eigenvalue weighted by atomic mass is 10.2. The summed E-state index contributed by atoms with van der Waals surface area (Å²) >= 11 is 16.2. The van der Waals surface area contributed by atoms with Crippen LogP contribution in [0.2, 0.25) is 0 Å². The van der Waals surface area contributed by atoms with E-state index in [-0.39, 0.29) is 0 Å². The van der Waals surface area contributed by atoms with Gasteiger partial charge < -0.3 is 4.74 Å². The van der Waals surface area contributed by atoms with Crippen LogP contribution in [-0.2, 0) is 9.84 Å². The molecule has 0 saturated heterocycles. The topological polar surface area (TPSA) is 46.2 Å². The fourth-order valence-electron chi connectivity index (χ4n) is 0.266. The number of hydrogen-bond donors (Lipinski definition) is 0. The average Bonchev–Trinajstić information content (AvgIpc) is 1.56. The van der Waals surface area contributed by atoms with Crippen LogP contribution in [0.3, 0.4) is 0 Å². The van der Waals surface area contributed by atoms with Crippen molar-refractivity contribution in [3.8, 4) is 0 Å². The summed E-state index contributed by atoms with van der Waals surface area (Å²) in [5, 5.41) is 9.95. The highest BCUT2D eigenvalue weighted by Gasteiger charge is 2.44. The molecule has 0 saturated carbocycles. The molecule has 0 amide bonds. The predicted molar refractivity (Wildman–Crippen MR) is 41.5 cm³/mol. The Hall–Kier alpha value is 0.140. The van der Waals surface area contributed by atoms with Crippen LogP contribution in [0.1, 0.15) is 13.8 Å². The molecule has 0 fully saturated rings. The third kappa shape index (κ3) is 3.36. The molecule has 0 bridgehead atoms. The molecule has 0 aromatic rings. The first-order chi connectivity index (χ1) is 4.67. The lowest BCUT2D eigenvalue weighted by molar-refractivity contribution is -0.00899. The van der Waals surface area contributed by atoms with Crippen LogP contribution < -0.4 is 0 Å². The van der Waals surface area contributed by atoms with E-state index < -0.39 is 15.5 Å². The van der Waals surface area contributed by atoms with Gasteiger partial charge in [-0.3, -0.25) is 0 Å². The second-order valence-corrected chi connectivity index (χ2v) is 4.64. The largest absolute Gasteiger partial charge is 0.550 e. The lowest BCUT2D eigenvalue weighted by Gasteiger charge is -2.29. The minimum atomic E-state index is -1.80. The van der Waals surface area contributed by atoms with Crippen LogP contribution in [0.15, 0.2) is 0 Å². The number of carbonyl (C=O) groups is 1. The van der Waals surface area contributed by atoms with Gasteiger partial charge in [0, 0.05) is 0 Å². The Morgan fingerprint density at radius 1 is 1.27 bits per heavy atom. The third-order valence-electron chi connectivity index (χ3n) is 1.02. The zero-order valence-electron chi connectivity index (χ0n) is 5.86. The summed E-state index contributed by atoms with van der Waals surface area (Å²) in [5.41, 5.74) is -1.41. The first-order valence-electron chi connectivity index (χ1n) is 2.63. The monoisotopic (exact) mass is 219 g/mol. The molecule has 0 aliphatic rings. The maximum atomic E-state index is 9.95. The van der Waals surface area contributed by atoms with Crippen molar-refractivity contribution in [3.63, 3.8) is 0 Å². The SMILES string of the molecule is CC(C)(OC([O])=O)C(Cl)(Cl)Cl. The number of rotatable bonds is 1. The quantitative estimate of drug-likeness (QED) is 0.504. The lowest BCUT2D eigenvalue weighted by Crippen LogP contribution is -2.40. The van der Waals surface area contributed by atoms with Crippen molar-refractivity contribution in [2.75, 3.05) is 0 Å². The van der Waals surface area contributed by atoms with Gasteiger partial charge in [0.1, 0.15) is 0 Å². The molecular weight excluding hydrogens is 214 g/mol. The van der Waals surface area contributed by atoms with Gasteiger partial charge in [0.05, 0.1) is 0 Å². The van der Waals surface area contributed by atoms with E-state index in [9.17, 15) is 9.90 Å². The number of ether oxygens (including phenoxy) is 1. The van der Waals surface area contributed by atoms with Crippen LogP contribution >= 0.6 is 34.8 Å². The Morgan fingerprint density at radius 3 is 1.73 bits per heavy atom. The van der Waals surface area contributed by atoms with Crippen LogP contribution in [0.5, 0.6) is 0 Å². The smallest absolute Gasteiger partial charge is 0.421 e.